The fraction of sp³-hybridized carbons (Fsp3) is 0.267. The smallest absolute Gasteiger partial charge is 0.255 e. The number of aromatic amines is 1. The highest BCUT2D eigenvalue weighted by Crippen LogP contribution is 2.26. The van der Waals surface area contributed by atoms with E-state index in [1.165, 1.54) is 11.8 Å². The Bertz CT molecular complexity index is 756. The first-order valence-corrected chi connectivity index (χ1v) is 8.95. The lowest BCUT2D eigenvalue weighted by atomic mass is 10.2. The summed E-state index contributed by atoms with van der Waals surface area (Å²) in [6, 6.07) is 7.62. The monoisotopic (exact) mass is 333 g/mol. The summed E-state index contributed by atoms with van der Waals surface area (Å²) >= 11 is 2.93. The van der Waals surface area contributed by atoms with Crippen molar-refractivity contribution in [2.45, 2.75) is 23.6 Å². The number of nitrogens with zero attached hydrogens (tertiary/aromatic N) is 1. The number of carbonyl (C=O) groups is 1. The summed E-state index contributed by atoms with van der Waals surface area (Å²) in [7, 11) is 0. The molecule has 0 bridgehead atoms. The van der Waals surface area contributed by atoms with Crippen LogP contribution in [0.25, 0.3) is 0 Å². The number of carbonyl (C=O) groups excluding carboxylic acids is 1. The summed E-state index contributed by atoms with van der Waals surface area (Å²) < 4.78 is 0. The Labute approximate surface area is 136 Å². The summed E-state index contributed by atoms with van der Waals surface area (Å²) in [5.41, 5.74) is 3.43. The first-order chi connectivity index (χ1) is 10.6. The van der Waals surface area contributed by atoms with E-state index in [9.17, 15) is 9.59 Å². The number of thioether (sulfide) groups is 2. The molecule has 0 aliphatic carbocycles. The highest BCUT2D eigenvalue weighted by Gasteiger charge is 2.18. The number of hydrogen-bond acceptors (Lipinski definition) is 5. The minimum absolute atomic E-state index is 0.0866. The standard InChI is InChI=1S/C15H15N3O2S2/c1-9-2-4-10(5-3-9)16-13(19)8-22-15-17-12-7-21-6-11(12)14(20)18-15/h2-5H,6-8H2,1H3,(H,16,19)(H,17,18,20). The third-order valence-corrected chi connectivity index (χ3v) is 5.08. The van der Waals surface area contributed by atoms with Crippen LogP contribution >= 0.6 is 23.5 Å². The van der Waals surface area contributed by atoms with Gasteiger partial charge in [-0.15, -0.1) is 0 Å². The molecule has 0 fully saturated rings. The molecule has 0 radical (unpaired) electrons. The van der Waals surface area contributed by atoms with Crippen LogP contribution in [0.3, 0.4) is 0 Å². The third kappa shape index (κ3) is 3.53. The number of aryl methyl sites for hydroxylation is 1. The highest BCUT2D eigenvalue weighted by atomic mass is 32.2. The number of H-pyrrole nitrogens is 1. The molecule has 1 aliphatic heterocycles. The lowest BCUT2D eigenvalue weighted by molar-refractivity contribution is -0.113. The van der Waals surface area contributed by atoms with Gasteiger partial charge < -0.3 is 10.3 Å². The van der Waals surface area contributed by atoms with Gasteiger partial charge in [0.25, 0.3) is 5.56 Å². The van der Waals surface area contributed by atoms with Crippen molar-refractivity contribution in [2.24, 2.45) is 0 Å². The molecule has 0 spiro atoms. The van der Waals surface area contributed by atoms with E-state index < -0.39 is 0 Å². The van der Waals surface area contributed by atoms with Gasteiger partial charge in [0.2, 0.25) is 5.91 Å². The van der Waals surface area contributed by atoms with Gasteiger partial charge in [-0.25, -0.2) is 4.98 Å². The van der Waals surface area contributed by atoms with Crippen molar-refractivity contribution in [2.75, 3.05) is 11.1 Å². The average Bonchev–Trinajstić information content (AvgIpc) is 2.97. The Morgan fingerprint density at radius 2 is 2.14 bits per heavy atom. The van der Waals surface area contributed by atoms with E-state index in [2.05, 4.69) is 15.3 Å². The number of hydrogen-bond donors (Lipinski definition) is 2. The van der Waals surface area contributed by atoms with Crippen LogP contribution in [0.1, 0.15) is 16.8 Å². The fourth-order valence-electron chi connectivity index (χ4n) is 2.08. The van der Waals surface area contributed by atoms with E-state index in [1.54, 1.807) is 11.8 Å². The summed E-state index contributed by atoms with van der Waals surface area (Å²) in [6.07, 6.45) is 0. The minimum atomic E-state index is -0.119. The zero-order valence-corrected chi connectivity index (χ0v) is 13.6. The number of aromatic nitrogens is 2. The Morgan fingerprint density at radius 3 is 2.91 bits per heavy atom. The molecule has 5 nitrogen and oxygen atoms in total. The van der Waals surface area contributed by atoms with Gasteiger partial charge in [0, 0.05) is 22.8 Å². The summed E-state index contributed by atoms with van der Waals surface area (Å²) in [6.45, 7) is 2.00. The molecule has 1 aliphatic rings. The first kappa shape index (κ1) is 15.2. The van der Waals surface area contributed by atoms with E-state index >= 15 is 0 Å². The van der Waals surface area contributed by atoms with Gasteiger partial charge in [0.05, 0.1) is 11.4 Å². The van der Waals surface area contributed by atoms with Gasteiger partial charge in [0.15, 0.2) is 5.16 Å². The van der Waals surface area contributed by atoms with E-state index in [-0.39, 0.29) is 17.2 Å². The molecule has 2 N–H and O–H groups in total. The van der Waals surface area contributed by atoms with Gasteiger partial charge in [0.1, 0.15) is 0 Å². The second-order valence-corrected chi connectivity index (χ2v) is 6.94. The predicted molar refractivity (Wildman–Crippen MR) is 90.4 cm³/mol. The molecule has 0 saturated carbocycles. The van der Waals surface area contributed by atoms with Gasteiger partial charge in [-0.05, 0) is 19.1 Å². The van der Waals surface area contributed by atoms with Crippen molar-refractivity contribution in [3.05, 3.63) is 51.4 Å². The number of amides is 1. The lowest BCUT2D eigenvalue weighted by Crippen LogP contribution is -2.17. The van der Waals surface area contributed by atoms with Gasteiger partial charge >= 0.3 is 0 Å². The highest BCUT2D eigenvalue weighted by molar-refractivity contribution is 7.99. The van der Waals surface area contributed by atoms with Crippen LogP contribution in [-0.4, -0.2) is 21.6 Å². The number of anilines is 1. The van der Waals surface area contributed by atoms with Gasteiger partial charge in [-0.2, -0.15) is 11.8 Å². The molecule has 2 heterocycles. The Morgan fingerprint density at radius 1 is 1.36 bits per heavy atom. The van der Waals surface area contributed by atoms with Crippen LogP contribution in [0, 0.1) is 6.92 Å². The molecule has 1 aromatic heterocycles. The van der Waals surface area contributed by atoms with Crippen molar-refractivity contribution >= 4 is 35.1 Å². The molecular formula is C15H15N3O2S2. The average molecular weight is 333 g/mol. The van der Waals surface area contributed by atoms with Crippen LogP contribution in [0.5, 0.6) is 0 Å². The molecule has 22 heavy (non-hydrogen) atoms. The molecule has 2 aromatic rings. The number of benzene rings is 1. The van der Waals surface area contributed by atoms with E-state index in [4.69, 9.17) is 0 Å². The molecule has 0 unspecified atom stereocenters. The largest absolute Gasteiger partial charge is 0.325 e. The maximum Gasteiger partial charge on any atom is 0.255 e. The second-order valence-electron chi connectivity index (χ2n) is 4.99. The lowest BCUT2D eigenvalue weighted by Gasteiger charge is -2.06. The zero-order chi connectivity index (χ0) is 15.5. The van der Waals surface area contributed by atoms with Crippen molar-refractivity contribution < 1.29 is 4.79 Å². The third-order valence-electron chi connectivity index (χ3n) is 3.24. The molecule has 7 heteroatoms. The van der Waals surface area contributed by atoms with E-state index in [0.717, 1.165) is 34.0 Å². The Hall–Kier alpha value is -1.73. The predicted octanol–water partition coefficient (Wildman–Crippen LogP) is 2.56. The van der Waals surface area contributed by atoms with Crippen LogP contribution in [-0.2, 0) is 16.3 Å². The Balaban J connectivity index is 1.60. The molecule has 114 valence electrons. The number of nitrogens with one attached hydrogen (secondary N) is 2. The minimum Gasteiger partial charge on any atom is -0.325 e. The molecule has 1 aromatic carbocycles. The van der Waals surface area contributed by atoms with Crippen LogP contribution in [0.15, 0.2) is 34.2 Å². The Kier molecular flexibility index (Phi) is 4.54. The molecular weight excluding hydrogens is 318 g/mol. The molecule has 1 amide bonds. The normalized spacial score (nSPS) is 13.0. The first-order valence-electron chi connectivity index (χ1n) is 6.81. The summed E-state index contributed by atoms with van der Waals surface area (Å²) in [4.78, 5) is 31.0. The van der Waals surface area contributed by atoms with Crippen molar-refractivity contribution in [1.29, 1.82) is 0 Å². The van der Waals surface area contributed by atoms with Crippen LogP contribution in [0.2, 0.25) is 0 Å². The van der Waals surface area contributed by atoms with Crippen LogP contribution < -0.4 is 10.9 Å². The maximum absolute atomic E-state index is 11.9. The number of fused-ring (bicyclic) bond motifs is 1. The molecule has 0 saturated heterocycles. The topological polar surface area (TPSA) is 74.8 Å². The van der Waals surface area contributed by atoms with E-state index in [1.807, 2.05) is 31.2 Å². The second kappa shape index (κ2) is 6.58. The van der Waals surface area contributed by atoms with Crippen LogP contribution in [0.4, 0.5) is 5.69 Å². The number of rotatable bonds is 4. The molecule has 3 rings (SSSR count). The maximum atomic E-state index is 11.9. The quantitative estimate of drug-likeness (QED) is 0.664. The van der Waals surface area contributed by atoms with Gasteiger partial charge in [-0.1, -0.05) is 29.5 Å². The summed E-state index contributed by atoms with van der Waals surface area (Å²) in [5, 5.41) is 3.33. The van der Waals surface area contributed by atoms with Crippen molar-refractivity contribution in [3.63, 3.8) is 0 Å². The summed E-state index contributed by atoms with van der Waals surface area (Å²) in [5.74, 6) is 1.58. The molecule has 0 atom stereocenters. The zero-order valence-electron chi connectivity index (χ0n) is 12.0. The SMILES string of the molecule is Cc1ccc(NC(=O)CSc2nc3c(c(=O)[nH]2)CSC3)cc1. The van der Waals surface area contributed by atoms with Gasteiger partial charge in [-0.3, -0.25) is 9.59 Å². The van der Waals surface area contributed by atoms with Crippen molar-refractivity contribution in [1.82, 2.24) is 9.97 Å². The van der Waals surface area contributed by atoms with E-state index in [0.29, 0.717) is 5.16 Å². The fourth-order valence-corrected chi connectivity index (χ4v) is 3.79. The van der Waals surface area contributed by atoms with Crippen molar-refractivity contribution in [3.8, 4) is 0 Å².